The lowest BCUT2D eigenvalue weighted by atomic mass is 10.2. The molecule has 1 heterocycles. The van der Waals surface area contributed by atoms with Gasteiger partial charge in [-0.25, -0.2) is 0 Å². The zero-order chi connectivity index (χ0) is 19.8. The zero-order valence-electron chi connectivity index (χ0n) is 16.4. The van der Waals surface area contributed by atoms with Crippen LogP contribution in [0, 0.1) is 0 Å². The summed E-state index contributed by atoms with van der Waals surface area (Å²) >= 11 is 3.49. The number of aliphatic imine (C=N–C) groups is 1. The third-order valence-electron chi connectivity index (χ3n) is 4.40. The first kappa shape index (κ1) is 21.0. The topological polar surface area (TPSA) is 52.9 Å². The van der Waals surface area contributed by atoms with Crippen molar-refractivity contribution in [2.24, 2.45) is 12.0 Å². The van der Waals surface area contributed by atoms with Gasteiger partial charge in [-0.3, -0.25) is 9.79 Å². The minimum atomic E-state index is 0.0533. The molecule has 0 atom stereocenters. The van der Waals surface area contributed by atoms with Crippen LogP contribution in [-0.4, -0.2) is 53.4 Å². The van der Waals surface area contributed by atoms with E-state index in [4.69, 9.17) is 0 Å². The maximum absolute atomic E-state index is 12.6. The molecule has 7 heteroatoms. The van der Waals surface area contributed by atoms with E-state index in [0.29, 0.717) is 25.6 Å². The summed E-state index contributed by atoms with van der Waals surface area (Å²) in [4.78, 5) is 20.8. The second kappa shape index (κ2) is 10.2. The summed E-state index contributed by atoms with van der Waals surface area (Å²) in [5, 5.41) is 3.18. The number of amides is 1. The Hall–Kier alpha value is -2.28. The van der Waals surface area contributed by atoms with Gasteiger partial charge in [-0.05, 0) is 34.5 Å². The number of benzene rings is 1. The first-order valence-electron chi connectivity index (χ1n) is 8.98. The van der Waals surface area contributed by atoms with Crippen LogP contribution in [0.2, 0.25) is 0 Å². The highest BCUT2D eigenvalue weighted by atomic mass is 79.9. The number of nitrogens with zero attached hydrogens (tertiary/aromatic N) is 4. The number of guanidine groups is 1. The van der Waals surface area contributed by atoms with E-state index in [1.54, 1.807) is 7.05 Å². The number of carbonyl (C=O) groups excluding carboxylic acids is 1. The predicted molar refractivity (Wildman–Crippen MR) is 113 cm³/mol. The Morgan fingerprint density at radius 3 is 2.52 bits per heavy atom. The molecule has 27 heavy (non-hydrogen) atoms. The van der Waals surface area contributed by atoms with Crippen molar-refractivity contribution in [3.8, 4) is 0 Å². The van der Waals surface area contributed by atoms with E-state index in [1.807, 2.05) is 67.3 Å². The molecule has 0 bridgehead atoms. The Labute approximate surface area is 170 Å². The summed E-state index contributed by atoms with van der Waals surface area (Å²) in [5.74, 6) is 0.744. The van der Waals surface area contributed by atoms with Crippen LogP contribution in [0.25, 0.3) is 0 Å². The Balaban J connectivity index is 1.91. The van der Waals surface area contributed by atoms with E-state index in [9.17, 15) is 4.79 Å². The molecule has 2 aromatic rings. The van der Waals surface area contributed by atoms with Crippen LogP contribution >= 0.6 is 15.9 Å². The molecule has 0 unspecified atom stereocenters. The van der Waals surface area contributed by atoms with Gasteiger partial charge in [0.2, 0.25) is 5.91 Å². The largest absolute Gasteiger partial charge is 0.352 e. The average molecular weight is 434 g/mol. The number of rotatable bonds is 7. The predicted octanol–water partition coefficient (Wildman–Crippen LogP) is 2.84. The molecule has 1 aromatic carbocycles. The zero-order valence-corrected chi connectivity index (χ0v) is 18.0. The van der Waals surface area contributed by atoms with Gasteiger partial charge < -0.3 is 19.7 Å². The van der Waals surface area contributed by atoms with E-state index < -0.39 is 0 Å². The first-order chi connectivity index (χ1) is 12.9. The monoisotopic (exact) mass is 433 g/mol. The molecule has 1 aromatic heterocycles. The fourth-order valence-corrected chi connectivity index (χ4v) is 3.44. The molecule has 0 aliphatic heterocycles. The van der Waals surface area contributed by atoms with Crippen molar-refractivity contribution in [3.05, 3.63) is 58.3 Å². The summed E-state index contributed by atoms with van der Waals surface area (Å²) < 4.78 is 3.11. The van der Waals surface area contributed by atoms with E-state index in [-0.39, 0.29) is 12.5 Å². The molecule has 0 saturated carbocycles. The quantitative estimate of drug-likeness (QED) is 0.539. The number of nitrogens with one attached hydrogen (secondary N) is 1. The number of carbonyl (C=O) groups is 1. The molecule has 0 radical (unpaired) electrons. The minimum Gasteiger partial charge on any atom is -0.352 e. The minimum absolute atomic E-state index is 0.0533. The summed E-state index contributed by atoms with van der Waals surface area (Å²) in [6.45, 7) is 4.19. The van der Waals surface area contributed by atoms with Gasteiger partial charge in [0.15, 0.2) is 5.96 Å². The molecule has 0 aliphatic carbocycles. The number of halogens is 1. The Morgan fingerprint density at radius 1 is 1.26 bits per heavy atom. The van der Waals surface area contributed by atoms with Gasteiger partial charge in [-0.1, -0.05) is 30.3 Å². The SMILES string of the molecule is CCN(Cc1ccccc1)C(=O)CNC(=NC)N(C)Cc1cc(Br)cn1C. The molecular weight excluding hydrogens is 406 g/mol. The van der Waals surface area contributed by atoms with Gasteiger partial charge >= 0.3 is 0 Å². The van der Waals surface area contributed by atoms with Crippen molar-refractivity contribution in [1.82, 2.24) is 19.7 Å². The normalized spacial score (nSPS) is 11.4. The van der Waals surface area contributed by atoms with Crippen LogP contribution in [0.5, 0.6) is 0 Å². The molecule has 1 amide bonds. The highest BCUT2D eigenvalue weighted by molar-refractivity contribution is 9.10. The third kappa shape index (κ3) is 6.13. The lowest BCUT2D eigenvalue weighted by Crippen LogP contribution is -2.45. The number of hydrogen-bond donors (Lipinski definition) is 1. The third-order valence-corrected chi connectivity index (χ3v) is 4.83. The average Bonchev–Trinajstić information content (AvgIpc) is 2.97. The van der Waals surface area contributed by atoms with Crippen molar-refractivity contribution < 1.29 is 4.79 Å². The second-order valence-electron chi connectivity index (χ2n) is 6.41. The number of likely N-dealkylation sites (N-methyl/N-ethyl adjacent to an activating group) is 1. The first-order valence-corrected chi connectivity index (χ1v) is 9.78. The second-order valence-corrected chi connectivity index (χ2v) is 7.33. The van der Waals surface area contributed by atoms with Crippen LogP contribution < -0.4 is 5.32 Å². The number of aromatic nitrogens is 1. The summed E-state index contributed by atoms with van der Waals surface area (Å²) in [7, 11) is 5.70. The Morgan fingerprint density at radius 2 is 1.96 bits per heavy atom. The summed E-state index contributed by atoms with van der Waals surface area (Å²) in [5.41, 5.74) is 2.28. The highest BCUT2D eigenvalue weighted by Gasteiger charge is 2.15. The van der Waals surface area contributed by atoms with Crippen molar-refractivity contribution in [2.45, 2.75) is 20.0 Å². The van der Waals surface area contributed by atoms with Crippen LogP contribution in [0.1, 0.15) is 18.2 Å². The molecule has 146 valence electrons. The lowest BCUT2D eigenvalue weighted by molar-refractivity contribution is -0.130. The fraction of sp³-hybridized carbons (Fsp3) is 0.400. The Kier molecular flexibility index (Phi) is 7.91. The number of aryl methyl sites for hydroxylation is 1. The molecular formula is C20H28BrN5O. The lowest BCUT2D eigenvalue weighted by Gasteiger charge is -2.25. The van der Waals surface area contributed by atoms with Crippen molar-refractivity contribution in [2.75, 3.05) is 27.2 Å². The maximum Gasteiger partial charge on any atom is 0.242 e. The van der Waals surface area contributed by atoms with E-state index in [2.05, 4.69) is 36.9 Å². The van der Waals surface area contributed by atoms with Gasteiger partial charge in [0.25, 0.3) is 0 Å². The van der Waals surface area contributed by atoms with Gasteiger partial charge in [0, 0.05) is 50.6 Å². The van der Waals surface area contributed by atoms with Crippen LogP contribution in [0.3, 0.4) is 0 Å². The van der Waals surface area contributed by atoms with Crippen LogP contribution in [0.4, 0.5) is 0 Å². The molecule has 0 fully saturated rings. The summed E-state index contributed by atoms with van der Waals surface area (Å²) in [6, 6.07) is 12.1. The molecule has 0 spiro atoms. The molecule has 0 aliphatic rings. The van der Waals surface area contributed by atoms with Crippen LogP contribution in [0.15, 0.2) is 52.1 Å². The van der Waals surface area contributed by atoms with Crippen molar-refractivity contribution in [3.63, 3.8) is 0 Å². The number of hydrogen-bond acceptors (Lipinski definition) is 2. The standard InChI is InChI=1S/C20H28BrN5O/c1-5-26(13-16-9-7-6-8-10-16)19(27)12-23-20(22-2)25(4)15-18-11-17(21)14-24(18)3/h6-11,14H,5,12-13,15H2,1-4H3,(H,22,23). The van der Waals surface area contributed by atoms with Gasteiger partial charge in [0.1, 0.15) is 0 Å². The van der Waals surface area contributed by atoms with Crippen LogP contribution in [-0.2, 0) is 24.9 Å². The molecule has 0 saturated heterocycles. The van der Waals surface area contributed by atoms with Gasteiger partial charge in [-0.2, -0.15) is 0 Å². The van der Waals surface area contributed by atoms with Crippen molar-refractivity contribution in [1.29, 1.82) is 0 Å². The highest BCUT2D eigenvalue weighted by Crippen LogP contribution is 2.15. The maximum atomic E-state index is 12.6. The van der Waals surface area contributed by atoms with E-state index in [1.165, 1.54) is 0 Å². The molecule has 6 nitrogen and oxygen atoms in total. The van der Waals surface area contributed by atoms with E-state index >= 15 is 0 Å². The molecule has 1 N–H and O–H groups in total. The van der Waals surface area contributed by atoms with E-state index in [0.717, 1.165) is 15.7 Å². The van der Waals surface area contributed by atoms with Gasteiger partial charge in [0.05, 0.1) is 13.1 Å². The van der Waals surface area contributed by atoms with Crippen molar-refractivity contribution >= 4 is 27.8 Å². The smallest absolute Gasteiger partial charge is 0.242 e. The Bertz CT molecular complexity index is 772. The van der Waals surface area contributed by atoms with Gasteiger partial charge in [-0.15, -0.1) is 0 Å². The molecule has 2 rings (SSSR count). The fourth-order valence-electron chi connectivity index (χ4n) is 2.87. The summed E-state index contributed by atoms with van der Waals surface area (Å²) in [6.07, 6.45) is 2.02.